The van der Waals surface area contributed by atoms with E-state index >= 15 is 0 Å². The van der Waals surface area contributed by atoms with Gasteiger partial charge in [-0.1, -0.05) is 6.07 Å². The van der Waals surface area contributed by atoms with Crippen molar-refractivity contribution in [3.63, 3.8) is 0 Å². The van der Waals surface area contributed by atoms with Gasteiger partial charge in [0.2, 0.25) is 5.91 Å². The molecule has 0 bridgehead atoms. The summed E-state index contributed by atoms with van der Waals surface area (Å²) in [6.45, 7) is 0.519. The summed E-state index contributed by atoms with van der Waals surface area (Å²) in [4.78, 5) is 28.6. The lowest BCUT2D eigenvalue weighted by molar-refractivity contribution is -0.141. The minimum Gasteiger partial charge on any atom is -0.507 e. The summed E-state index contributed by atoms with van der Waals surface area (Å²) in [5.74, 6) is -2.07. The molecule has 0 aliphatic carbocycles. The van der Waals surface area contributed by atoms with E-state index in [9.17, 15) is 19.8 Å². The molecule has 30 heavy (non-hydrogen) atoms. The molecule has 2 aromatic rings. The number of carbonyl (C=O) groups is 2. The molecule has 10 nitrogen and oxygen atoms in total. The van der Waals surface area contributed by atoms with E-state index in [-0.39, 0.29) is 43.1 Å². The van der Waals surface area contributed by atoms with Crippen molar-refractivity contribution >= 4 is 19.0 Å². The molecule has 160 valence electrons. The van der Waals surface area contributed by atoms with Crippen molar-refractivity contribution in [3.8, 4) is 11.5 Å². The number of likely N-dealkylation sites (tertiary alicyclic amines) is 1. The maximum Gasteiger partial charge on any atom is 0.451 e. The van der Waals surface area contributed by atoms with Crippen molar-refractivity contribution < 1.29 is 34.6 Å². The molecule has 0 radical (unpaired) electrons. The maximum atomic E-state index is 12.4. The van der Waals surface area contributed by atoms with Gasteiger partial charge in [-0.15, -0.1) is 0 Å². The van der Waals surface area contributed by atoms with Gasteiger partial charge in [0.05, 0.1) is 19.1 Å². The van der Waals surface area contributed by atoms with E-state index in [4.69, 9.17) is 20.5 Å². The number of aromatic carboxylic acids is 1. The predicted molar refractivity (Wildman–Crippen MR) is 107 cm³/mol. The Morgan fingerprint density at radius 2 is 2.03 bits per heavy atom. The second kappa shape index (κ2) is 9.20. The summed E-state index contributed by atoms with van der Waals surface area (Å²) in [5.41, 5.74) is 6.71. The number of aromatic amines is 1. The fourth-order valence-electron chi connectivity index (χ4n) is 3.33. The highest BCUT2D eigenvalue weighted by Crippen LogP contribution is 2.34. The van der Waals surface area contributed by atoms with Crippen LogP contribution in [0.5, 0.6) is 11.5 Å². The number of aromatic nitrogens is 1. The van der Waals surface area contributed by atoms with Gasteiger partial charge < -0.3 is 40.6 Å². The molecule has 1 aliphatic heterocycles. The Hall–Kier alpha value is -3.02. The van der Waals surface area contributed by atoms with E-state index in [0.29, 0.717) is 6.42 Å². The highest BCUT2D eigenvalue weighted by Gasteiger charge is 2.36. The van der Waals surface area contributed by atoms with E-state index in [2.05, 4.69) is 4.98 Å². The van der Waals surface area contributed by atoms with Crippen LogP contribution in [0.1, 0.15) is 21.6 Å². The van der Waals surface area contributed by atoms with Crippen molar-refractivity contribution in [3.05, 3.63) is 47.3 Å². The van der Waals surface area contributed by atoms with Gasteiger partial charge >= 0.3 is 13.1 Å². The van der Waals surface area contributed by atoms with Crippen LogP contribution >= 0.6 is 0 Å². The average molecular weight is 417 g/mol. The van der Waals surface area contributed by atoms with Gasteiger partial charge in [-0.05, 0) is 36.5 Å². The third kappa shape index (κ3) is 4.93. The Labute approximate surface area is 173 Å². The Kier molecular flexibility index (Phi) is 6.65. The number of benzene rings is 1. The minimum atomic E-state index is -1.56. The molecule has 1 amide bonds. The SMILES string of the molecule is N[C@H](Cc1ccc[nH]1)C(=O)N1CC(Oc2ccc(CCB(O)O)c(O)c2C(=O)O)C1. The van der Waals surface area contributed by atoms with Gasteiger partial charge in [-0.2, -0.15) is 0 Å². The first kappa shape index (κ1) is 21.7. The molecule has 3 rings (SSSR count). The lowest BCUT2D eigenvalue weighted by atomic mass is 9.82. The summed E-state index contributed by atoms with van der Waals surface area (Å²) in [5, 5.41) is 37.7. The van der Waals surface area contributed by atoms with Crippen LogP contribution < -0.4 is 10.5 Å². The molecule has 1 aliphatic rings. The number of hydrogen-bond donors (Lipinski definition) is 6. The van der Waals surface area contributed by atoms with Crippen molar-refractivity contribution in [2.45, 2.75) is 31.3 Å². The Morgan fingerprint density at radius 1 is 1.30 bits per heavy atom. The number of hydrogen-bond acceptors (Lipinski definition) is 7. The average Bonchev–Trinajstić information content (AvgIpc) is 3.15. The Bertz CT molecular complexity index is 898. The largest absolute Gasteiger partial charge is 0.507 e. The van der Waals surface area contributed by atoms with E-state index < -0.39 is 36.5 Å². The Balaban J connectivity index is 1.60. The lowest BCUT2D eigenvalue weighted by Gasteiger charge is -2.40. The molecule has 2 heterocycles. The van der Waals surface area contributed by atoms with Crippen LogP contribution in [0.25, 0.3) is 0 Å². The zero-order chi connectivity index (χ0) is 21.8. The topological polar surface area (TPSA) is 169 Å². The third-order valence-electron chi connectivity index (χ3n) is 4.98. The standard InChI is InChI=1S/C19H24BN3O7/c21-14(8-12-2-1-7-22-12)18(25)23-9-13(10-23)30-15-4-3-11(5-6-20(28)29)17(24)16(15)19(26)27/h1-4,7,13-14,22,24,28-29H,5-6,8-10,21H2,(H,26,27)/t14-/m1/s1. The van der Waals surface area contributed by atoms with Crippen LogP contribution in [0.15, 0.2) is 30.5 Å². The number of phenols is 1. The van der Waals surface area contributed by atoms with Crippen molar-refractivity contribution in [1.82, 2.24) is 9.88 Å². The van der Waals surface area contributed by atoms with Gasteiger partial charge in [-0.25, -0.2) is 4.79 Å². The molecular formula is C19H24BN3O7. The number of H-pyrrole nitrogens is 1. The first-order valence-corrected chi connectivity index (χ1v) is 9.53. The monoisotopic (exact) mass is 417 g/mol. The van der Waals surface area contributed by atoms with Gasteiger partial charge in [0.1, 0.15) is 23.2 Å². The summed E-state index contributed by atoms with van der Waals surface area (Å²) >= 11 is 0. The van der Waals surface area contributed by atoms with Crippen LogP contribution in [0, 0.1) is 0 Å². The summed E-state index contributed by atoms with van der Waals surface area (Å²) in [7, 11) is -1.56. The second-order valence-corrected chi connectivity index (χ2v) is 7.26. The van der Waals surface area contributed by atoms with Gasteiger partial charge in [0.25, 0.3) is 0 Å². The molecular weight excluding hydrogens is 393 g/mol. The molecule has 1 aromatic carbocycles. The first-order chi connectivity index (χ1) is 14.3. The van der Waals surface area contributed by atoms with Crippen LogP contribution in [-0.2, 0) is 17.6 Å². The maximum absolute atomic E-state index is 12.4. The number of carboxylic acid groups (broad SMARTS) is 1. The fourth-order valence-corrected chi connectivity index (χ4v) is 3.33. The van der Waals surface area contributed by atoms with Crippen molar-refractivity contribution in [2.24, 2.45) is 5.73 Å². The van der Waals surface area contributed by atoms with E-state index in [1.54, 1.807) is 6.20 Å². The van der Waals surface area contributed by atoms with Crippen LogP contribution in [-0.4, -0.2) is 74.4 Å². The molecule has 0 saturated carbocycles. The third-order valence-corrected chi connectivity index (χ3v) is 4.98. The molecule has 11 heteroatoms. The number of carbonyl (C=O) groups excluding carboxylic acids is 1. The molecule has 1 aromatic heterocycles. The number of carboxylic acids is 1. The van der Waals surface area contributed by atoms with Gasteiger partial charge in [0, 0.05) is 18.3 Å². The summed E-state index contributed by atoms with van der Waals surface area (Å²) in [6, 6.07) is 5.88. The number of aryl methyl sites for hydroxylation is 1. The fraction of sp³-hybridized carbons (Fsp3) is 0.368. The number of nitrogens with two attached hydrogens (primary N) is 1. The van der Waals surface area contributed by atoms with Gasteiger partial charge in [0.15, 0.2) is 0 Å². The minimum absolute atomic E-state index is 0.0129. The van der Waals surface area contributed by atoms with E-state index in [0.717, 1.165) is 5.69 Å². The number of rotatable bonds is 9. The lowest BCUT2D eigenvalue weighted by Crippen LogP contribution is -2.60. The van der Waals surface area contributed by atoms with Crippen LogP contribution in [0.3, 0.4) is 0 Å². The second-order valence-electron chi connectivity index (χ2n) is 7.26. The molecule has 0 spiro atoms. The molecule has 1 saturated heterocycles. The molecule has 1 atom stereocenters. The molecule has 1 fully saturated rings. The van der Waals surface area contributed by atoms with Crippen molar-refractivity contribution in [2.75, 3.05) is 13.1 Å². The number of nitrogens with zero attached hydrogens (tertiary/aromatic N) is 1. The zero-order valence-corrected chi connectivity index (χ0v) is 16.2. The van der Waals surface area contributed by atoms with E-state index in [1.165, 1.54) is 17.0 Å². The number of ether oxygens (including phenoxy) is 1. The highest BCUT2D eigenvalue weighted by molar-refractivity contribution is 6.41. The van der Waals surface area contributed by atoms with Crippen LogP contribution in [0.4, 0.5) is 0 Å². The molecule has 7 N–H and O–H groups in total. The smallest absolute Gasteiger partial charge is 0.451 e. The van der Waals surface area contributed by atoms with E-state index in [1.807, 2.05) is 12.1 Å². The summed E-state index contributed by atoms with van der Waals surface area (Å²) in [6.07, 6.45) is 1.76. The predicted octanol–water partition coefficient (Wildman–Crippen LogP) is -0.407. The number of nitrogens with one attached hydrogen (secondary N) is 1. The number of aromatic hydroxyl groups is 1. The molecule has 0 unspecified atom stereocenters. The van der Waals surface area contributed by atoms with Gasteiger partial charge in [-0.3, -0.25) is 4.79 Å². The number of amides is 1. The quantitative estimate of drug-likeness (QED) is 0.299. The van der Waals surface area contributed by atoms with Crippen molar-refractivity contribution in [1.29, 1.82) is 0 Å². The summed E-state index contributed by atoms with van der Waals surface area (Å²) < 4.78 is 5.69. The normalized spacial score (nSPS) is 14.8. The zero-order valence-electron chi connectivity index (χ0n) is 16.2. The van der Waals surface area contributed by atoms with Crippen LogP contribution in [0.2, 0.25) is 6.32 Å². The first-order valence-electron chi connectivity index (χ1n) is 9.53. The Morgan fingerprint density at radius 3 is 2.63 bits per heavy atom. The highest BCUT2D eigenvalue weighted by atomic mass is 16.5.